The number of nitrogens with zero attached hydrogens (tertiary/aromatic N) is 8. The molecule has 226 valence electrons. The summed E-state index contributed by atoms with van der Waals surface area (Å²) in [6.07, 6.45) is 3.77. The first-order valence-corrected chi connectivity index (χ1v) is 14.5. The van der Waals surface area contributed by atoms with Crippen molar-refractivity contribution in [2.45, 2.75) is 58.0 Å². The number of likely N-dealkylation sites (N-methyl/N-ethyl adjacent to an activating group) is 1. The van der Waals surface area contributed by atoms with E-state index in [4.69, 9.17) is 4.74 Å². The summed E-state index contributed by atoms with van der Waals surface area (Å²) in [5, 5.41) is 9.44. The number of nitriles is 1. The standard InChI is InChI=1S/C31H36F2N8O2/c1-18(2)26-25(19(3)9-11-35-26)23-15-24-27(37-28(23)33)29(38-31(36-24)43-17-22-7-6-12-39(22)5)40-13-14-41(30(42)20(4)32)21(16-40)8-10-34/h9,11,15,18,21-22H,4,6-8,12-14,16-17H2,1-3,5H3/t21-,22?/m0/s1. The number of piperazine rings is 1. The van der Waals surface area contributed by atoms with E-state index < -0.39 is 23.7 Å². The molecule has 12 heteroatoms. The van der Waals surface area contributed by atoms with Crippen molar-refractivity contribution < 1.29 is 18.3 Å². The Morgan fingerprint density at radius 2 is 2.02 bits per heavy atom. The zero-order valence-electron chi connectivity index (χ0n) is 25.0. The van der Waals surface area contributed by atoms with Crippen LogP contribution in [0.2, 0.25) is 0 Å². The summed E-state index contributed by atoms with van der Waals surface area (Å²) in [5.41, 5.74) is 3.19. The van der Waals surface area contributed by atoms with E-state index in [2.05, 4.69) is 44.5 Å². The minimum atomic E-state index is -1.08. The predicted octanol–water partition coefficient (Wildman–Crippen LogP) is 4.54. The summed E-state index contributed by atoms with van der Waals surface area (Å²) in [6, 6.07) is 5.29. The largest absolute Gasteiger partial charge is 0.462 e. The number of amides is 1. The van der Waals surface area contributed by atoms with Gasteiger partial charge in [-0.15, -0.1) is 0 Å². The van der Waals surface area contributed by atoms with Gasteiger partial charge in [-0.05, 0) is 57.0 Å². The Hall–Kier alpha value is -4.24. The third-order valence-corrected chi connectivity index (χ3v) is 8.27. The van der Waals surface area contributed by atoms with Crippen molar-refractivity contribution in [2.75, 3.05) is 44.7 Å². The van der Waals surface area contributed by atoms with Gasteiger partial charge in [0.25, 0.3) is 5.91 Å². The third kappa shape index (κ3) is 6.13. The molecule has 43 heavy (non-hydrogen) atoms. The highest BCUT2D eigenvalue weighted by Crippen LogP contribution is 2.36. The van der Waals surface area contributed by atoms with Crippen LogP contribution in [0.3, 0.4) is 0 Å². The molecule has 2 atom stereocenters. The lowest BCUT2D eigenvalue weighted by Gasteiger charge is -2.41. The average molecular weight is 591 g/mol. The Labute approximate surface area is 250 Å². The maximum Gasteiger partial charge on any atom is 0.319 e. The van der Waals surface area contributed by atoms with Gasteiger partial charge in [0.2, 0.25) is 5.95 Å². The van der Waals surface area contributed by atoms with Crippen LogP contribution in [-0.2, 0) is 4.79 Å². The second-order valence-corrected chi connectivity index (χ2v) is 11.5. The van der Waals surface area contributed by atoms with Crippen molar-refractivity contribution in [1.82, 2.24) is 29.7 Å². The molecular weight excluding hydrogens is 554 g/mol. The quantitative estimate of drug-likeness (QED) is 0.276. The van der Waals surface area contributed by atoms with Gasteiger partial charge >= 0.3 is 6.01 Å². The van der Waals surface area contributed by atoms with E-state index in [1.54, 1.807) is 12.3 Å². The van der Waals surface area contributed by atoms with Gasteiger partial charge in [-0.1, -0.05) is 20.4 Å². The van der Waals surface area contributed by atoms with E-state index in [1.807, 2.05) is 31.7 Å². The Morgan fingerprint density at radius 3 is 2.70 bits per heavy atom. The van der Waals surface area contributed by atoms with Crippen LogP contribution in [0.15, 0.2) is 30.7 Å². The van der Waals surface area contributed by atoms with Crippen molar-refractivity contribution in [1.29, 1.82) is 5.26 Å². The molecule has 0 spiro atoms. The first kappa shape index (κ1) is 30.2. The number of pyridine rings is 2. The fourth-order valence-electron chi connectivity index (χ4n) is 5.94. The number of fused-ring (bicyclic) bond motifs is 1. The van der Waals surface area contributed by atoms with Gasteiger partial charge in [-0.3, -0.25) is 9.78 Å². The highest BCUT2D eigenvalue weighted by molar-refractivity contribution is 5.92. The molecule has 3 aromatic rings. The minimum absolute atomic E-state index is 0.0277. The van der Waals surface area contributed by atoms with Gasteiger partial charge in [0.05, 0.1) is 29.7 Å². The van der Waals surface area contributed by atoms with Crippen LogP contribution in [0.25, 0.3) is 22.2 Å². The number of halogens is 2. The summed E-state index contributed by atoms with van der Waals surface area (Å²) >= 11 is 0. The zero-order chi connectivity index (χ0) is 30.8. The molecule has 5 rings (SSSR count). The molecule has 2 aliphatic rings. The van der Waals surface area contributed by atoms with E-state index >= 15 is 4.39 Å². The molecule has 0 saturated carbocycles. The number of aromatic nitrogens is 4. The zero-order valence-corrected chi connectivity index (χ0v) is 25.0. The van der Waals surface area contributed by atoms with E-state index in [1.165, 1.54) is 4.90 Å². The Morgan fingerprint density at radius 1 is 1.23 bits per heavy atom. The van der Waals surface area contributed by atoms with Gasteiger partial charge in [-0.2, -0.15) is 19.6 Å². The highest BCUT2D eigenvalue weighted by atomic mass is 19.1. The monoisotopic (exact) mass is 590 g/mol. The van der Waals surface area contributed by atoms with E-state index in [0.29, 0.717) is 23.5 Å². The molecule has 5 heterocycles. The molecule has 0 aromatic carbocycles. The second kappa shape index (κ2) is 12.6. The summed E-state index contributed by atoms with van der Waals surface area (Å²) < 4.78 is 35.8. The number of likely N-dealkylation sites (tertiary alicyclic amines) is 1. The van der Waals surface area contributed by atoms with Gasteiger partial charge in [0, 0.05) is 43.0 Å². The molecule has 1 amide bonds. The summed E-state index contributed by atoms with van der Waals surface area (Å²) in [5.74, 6) is -2.25. The van der Waals surface area contributed by atoms with Crippen LogP contribution in [0.5, 0.6) is 6.01 Å². The molecule has 1 unspecified atom stereocenters. The van der Waals surface area contributed by atoms with Crippen molar-refractivity contribution in [3.8, 4) is 23.2 Å². The number of ether oxygens (including phenoxy) is 1. The molecule has 0 aliphatic carbocycles. The molecule has 2 saturated heterocycles. The van der Waals surface area contributed by atoms with Gasteiger partial charge in [0.15, 0.2) is 11.6 Å². The van der Waals surface area contributed by atoms with E-state index in [9.17, 15) is 14.4 Å². The van der Waals surface area contributed by atoms with Gasteiger partial charge in [0.1, 0.15) is 12.1 Å². The number of aryl methyl sites for hydroxylation is 1. The fraction of sp³-hybridized carbons (Fsp3) is 0.484. The molecule has 2 aliphatic heterocycles. The topological polar surface area (TPSA) is 111 Å². The number of hydrogen-bond donors (Lipinski definition) is 0. The Kier molecular flexibility index (Phi) is 8.82. The number of rotatable bonds is 8. The lowest BCUT2D eigenvalue weighted by molar-refractivity contribution is -0.131. The number of carbonyl (C=O) groups excluding carboxylic acids is 1. The Bertz CT molecular complexity index is 1590. The van der Waals surface area contributed by atoms with Crippen molar-refractivity contribution >= 4 is 22.8 Å². The highest BCUT2D eigenvalue weighted by Gasteiger charge is 2.34. The van der Waals surface area contributed by atoms with Crippen LogP contribution >= 0.6 is 0 Å². The summed E-state index contributed by atoms with van der Waals surface area (Å²) in [4.78, 5) is 36.1. The summed E-state index contributed by atoms with van der Waals surface area (Å²) in [7, 11) is 2.05. The number of anilines is 1. The molecule has 10 nitrogen and oxygen atoms in total. The first-order valence-electron chi connectivity index (χ1n) is 14.5. The minimum Gasteiger partial charge on any atom is -0.462 e. The summed E-state index contributed by atoms with van der Waals surface area (Å²) in [6.45, 7) is 11.0. The number of hydrogen-bond acceptors (Lipinski definition) is 9. The third-order valence-electron chi connectivity index (χ3n) is 8.27. The van der Waals surface area contributed by atoms with Crippen LogP contribution in [0, 0.1) is 24.2 Å². The SMILES string of the molecule is C=C(F)C(=O)N1CCN(c2nc(OCC3CCCN3C)nc3cc(-c4c(C)ccnc4C(C)C)c(F)nc23)C[C@@H]1CC#N. The first-order chi connectivity index (χ1) is 20.6. The maximum atomic E-state index is 15.9. The van der Waals surface area contributed by atoms with Gasteiger partial charge < -0.3 is 19.4 Å². The van der Waals surface area contributed by atoms with Crippen molar-refractivity contribution in [3.63, 3.8) is 0 Å². The molecular formula is C31H36F2N8O2. The second-order valence-electron chi connectivity index (χ2n) is 11.5. The smallest absolute Gasteiger partial charge is 0.319 e. The molecule has 2 fully saturated rings. The predicted molar refractivity (Wildman–Crippen MR) is 159 cm³/mol. The Balaban J connectivity index is 1.60. The van der Waals surface area contributed by atoms with Crippen LogP contribution in [0.1, 0.15) is 50.3 Å². The lowest BCUT2D eigenvalue weighted by Crippen LogP contribution is -2.55. The lowest BCUT2D eigenvalue weighted by atomic mass is 9.94. The molecule has 0 N–H and O–H groups in total. The van der Waals surface area contributed by atoms with Crippen molar-refractivity contribution in [3.05, 3.63) is 47.9 Å². The number of carbonyl (C=O) groups is 1. The van der Waals surface area contributed by atoms with Gasteiger partial charge in [-0.25, -0.2) is 9.37 Å². The molecule has 3 aromatic heterocycles. The molecule has 0 bridgehead atoms. The van der Waals surface area contributed by atoms with Crippen LogP contribution in [-0.4, -0.2) is 87.6 Å². The van der Waals surface area contributed by atoms with Crippen LogP contribution in [0.4, 0.5) is 14.6 Å². The van der Waals surface area contributed by atoms with E-state index in [-0.39, 0.29) is 55.1 Å². The van der Waals surface area contributed by atoms with Crippen molar-refractivity contribution in [2.24, 2.45) is 0 Å². The van der Waals surface area contributed by atoms with E-state index in [0.717, 1.165) is 30.6 Å². The molecule has 0 radical (unpaired) electrons. The fourth-order valence-corrected chi connectivity index (χ4v) is 5.94. The van der Waals surface area contributed by atoms with Crippen LogP contribution < -0.4 is 9.64 Å². The normalized spacial score (nSPS) is 19.2. The average Bonchev–Trinajstić information content (AvgIpc) is 3.39. The maximum absolute atomic E-state index is 15.9.